The minimum absolute atomic E-state index is 0.0255. The number of allylic oxidation sites excluding steroid dienone is 1. The maximum Gasteiger partial charge on any atom is 0.0845 e. The predicted octanol–water partition coefficient (Wildman–Crippen LogP) is 8.32. The number of hydrogen-bond acceptors (Lipinski definition) is 2. The van der Waals surface area contributed by atoms with Gasteiger partial charge < -0.3 is 0 Å². The van der Waals surface area contributed by atoms with Crippen molar-refractivity contribution in [3.05, 3.63) is 104 Å². The maximum atomic E-state index is 6.51. The van der Waals surface area contributed by atoms with Gasteiger partial charge >= 0.3 is 0 Å². The second-order valence-corrected chi connectivity index (χ2v) is 8.34. The van der Waals surface area contributed by atoms with E-state index in [4.69, 9.17) is 51.5 Å². The van der Waals surface area contributed by atoms with Crippen molar-refractivity contribution in [3.63, 3.8) is 0 Å². The molecule has 6 heteroatoms. The smallest absolute Gasteiger partial charge is 0.0845 e. The van der Waals surface area contributed by atoms with Crippen molar-refractivity contribution in [2.45, 2.75) is 12.5 Å². The summed E-state index contributed by atoms with van der Waals surface area (Å²) < 4.78 is 0. The van der Waals surface area contributed by atoms with Gasteiger partial charge in [0.1, 0.15) is 0 Å². The first kappa shape index (κ1) is 20.3. The fourth-order valence-corrected chi connectivity index (χ4v) is 4.30. The monoisotopic (exact) mass is 460 g/mol. The first-order valence-corrected chi connectivity index (χ1v) is 10.5. The SMILES string of the molecule is Clc1ccc(/C=C/C2=NN(c3ccccc3)[C@@H](c3ccc(Cl)cc3Cl)C2)c(Cl)c1. The van der Waals surface area contributed by atoms with Crippen molar-refractivity contribution in [1.82, 2.24) is 0 Å². The average Bonchev–Trinajstić information content (AvgIpc) is 3.12. The summed E-state index contributed by atoms with van der Waals surface area (Å²) in [6.07, 6.45) is 4.64. The molecule has 3 aromatic rings. The van der Waals surface area contributed by atoms with Gasteiger partial charge in [-0.3, -0.25) is 5.01 Å². The summed E-state index contributed by atoms with van der Waals surface area (Å²) in [6, 6.07) is 21.0. The largest absolute Gasteiger partial charge is 0.257 e. The van der Waals surface area contributed by atoms with Crippen LogP contribution in [0.4, 0.5) is 5.69 Å². The summed E-state index contributed by atoms with van der Waals surface area (Å²) in [4.78, 5) is 0. The van der Waals surface area contributed by atoms with Crippen LogP contribution in [0.1, 0.15) is 23.6 Å². The summed E-state index contributed by atoms with van der Waals surface area (Å²) in [5.74, 6) is 0. The highest BCUT2D eigenvalue weighted by molar-refractivity contribution is 6.36. The quantitative estimate of drug-likeness (QED) is 0.381. The molecule has 0 bridgehead atoms. The zero-order valence-electron chi connectivity index (χ0n) is 15.2. The number of halogens is 4. The molecule has 0 aromatic heterocycles. The van der Waals surface area contributed by atoms with Crippen LogP contribution in [-0.4, -0.2) is 5.71 Å². The van der Waals surface area contributed by atoms with Crippen molar-refractivity contribution in [2.24, 2.45) is 5.10 Å². The lowest BCUT2D eigenvalue weighted by Crippen LogP contribution is -2.18. The number of para-hydroxylation sites is 1. The van der Waals surface area contributed by atoms with Crippen LogP contribution >= 0.6 is 46.4 Å². The Morgan fingerprint density at radius 2 is 1.48 bits per heavy atom. The Morgan fingerprint density at radius 3 is 2.17 bits per heavy atom. The predicted molar refractivity (Wildman–Crippen MR) is 126 cm³/mol. The lowest BCUT2D eigenvalue weighted by Gasteiger charge is -2.24. The Bertz CT molecular complexity index is 1090. The topological polar surface area (TPSA) is 15.6 Å². The molecule has 29 heavy (non-hydrogen) atoms. The van der Waals surface area contributed by atoms with Gasteiger partial charge in [0.05, 0.1) is 17.4 Å². The highest BCUT2D eigenvalue weighted by Crippen LogP contribution is 2.39. The van der Waals surface area contributed by atoms with E-state index in [1.165, 1.54) is 0 Å². The van der Waals surface area contributed by atoms with Crippen molar-refractivity contribution >= 4 is 63.9 Å². The van der Waals surface area contributed by atoms with E-state index >= 15 is 0 Å². The Hall–Kier alpha value is -1.97. The Kier molecular flexibility index (Phi) is 6.17. The molecule has 0 radical (unpaired) electrons. The lowest BCUT2D eigenvalue weighted by atomic mass is 10.0. The summed E-state index contributed by atoms with van der Waals surface area (Å²) in [7, 11) is 0. The zero-order chi connectivity index (χ0) is 20.4. The van der Waals surface area contributed by atoms with Gasteiger partial charge in [-0.15, -0.1) is 0 Å². The number of hydrazone groups is 1. The summed E-state index contributed by atoms with van der Waals surface area (Å²) in [5, 5.41) is 9.30. The van der Waals surface area contributed by atoms with Gasteiger partial charge in [0, 0.05) is 26.5 Å². The molecule has 1 aliphatic heterocycles. The summed E-state index contributed by atoms with van der Waals surface area (Å²) in [6.45, 7) is 0. The van der Waals surface area contributed by atoms with Crippen molar-refractivity contribution in [1.29, 1.82) is 0 Å². The standard InChI is InChI=1S/C23H16Cl4N2/c24-16-8-6-15(21(26)12-16)7-10-18-14-23(20-11-9-17(25)13-22(20)27)29(28-18)19-4-2-1-3-5-19/h1-13,23H,14H2/b10-7+/t23-/m1/s1. The third-order valence-electron chi connectivity index (χ3n) is 4.69. The normalized spacial score (nSPS) is 16.5. The molecule has 0 saturated carbocycles. The van der Waals surface area contributed by atoms with E-state index in [0.29, 0.717) is 26.5 Å². The van der Waals surface area contributed by atoms with Crippen LogP contribution in [0.25, 0.3) is 6.08 Å². The van der Waals surface area contributed by atoms with Crippen LogP contribution in [0, 0.1) is 0 Å². The fourth-order valence-electron chi connectivity index (χ4n) is 3.29. The molecule has 2 nitrogen and oxygen atoms in total. The summed E-state index contributed by atoms with van der Waals surface area (Å²) >= 11 is 24.9. The van der Waals surface area contributed by atoms with Crippen LogP contribution in [-0.2, 0) is 0 Å². The van der Waals surface area contributed by atoms with E-state index in [-0.39, 0.29) is 6.04 Å². The molecule has 0 fully saturated rings. The minimum atomic E-state index is -0.0255. The molecule has 1 atom stereocenters. The molecule has 0 amide bonds. The van der Waals surface area contributed by atoms with Gasteiger partial charge in [0.15, 0.2) is 0 Å². The number of rotatable bonds is 4. The average molecular weight is 462 g/mol. The second kappa shape index (κ2) is 8.81. The van der Waals surface area contributed by atoms with E-state index in [2.05, 4.69) is 0 Å². The zero-order valence-corrected chi connectivity index (χ0v) is 18.2. The molecule has 3 aromatic carbocycles. The maximum absolute atomic E-state index is 6.51. The highest BCUT2D eigenvalue weighted by atomic mass is 35.5. The van der Waals surface area contributed by atoms with E-state index in [0.717, 1.165) is 22.5 Å². The third-order valence-corrected chi connectivity index (χ3v) is 5.82. The molecule has 0 spiro atoms. The van der Waals surface area contributed by atoms with Gasteiger partial charge in [0.25, 0.3) is 0 Å². The molecule has 0 saturated heterocycles. The molecule has 1 heterocycles. The Balaban J connectivity index is 1.68. The Labute approximate surface area is 190 Å². The number of anilines is 1. The fraction of sp³-hybridized carbons (Fsp3) is 0.0870. The Morgan fingerprint density at radius 1 is 0.793 bits per heavy atom. The number of benzene rings is 3. The molecular weight excluding hydrogens is 446 g/mol. The van der Waals surface area contributed by atoms with Crippen LogP contribution in [0.3, 0.4) is 0 Å². The van der Waals surface area contributed by atoms with Crippen molar-refractivity contribution < 1.29 is 0 Å². The molecule has 0 unspecified atom stereocenters. The van der Waals surface area contributed by atoms with Gasteiger partial charge in [-0.1, -0.05) is 82.8 Å². The summed E-state index contributed by atoms with van der Waals surface area (Å²) in [5.41, 5.74) is 3.79. The van der Waals surface area contributed by atoms with Crippen LogP contribution in [0.15, 0.2) is 77.9 Å². The van der Waals surface area contributed by atoms with Crippen molar-refractivity contribution in [2.75, 3.05) is 5.01 Å². The number of hydrogen-bond donors (Lipinski definition) is 0. The van der Waals surface area contributed by atoms with E-state index in [1.54, 1.807) is 12.1 Å². The van der Waals surface area contributed by atoms with Gasteiger partial charge in [-0.05, 0) is 53.6 Å². The van der Waals surface area contributed by atoms with Gasteiger partial charge in [0.2, 0.25) is 0 Å². The first-order chi connectivity index (χ1) is 14.0. The van der Waals surface area contributed by atoms with Crippen LogP contribution in [0.2, 0.25) is 20.1 Å². The van der Waals surface area contributed by atoms with Crippen molar-refractivity contribution in [3.8, 4) is 0 Å². The van der Waals surface area contributed by atoms with E-state index < -0.39 is 0 Å². The first-order valence-electron chi connectivity index (χ1n) is 9.01. The van der Waals surface area contributed by atoms with Gasteiger partial charge in [-0.2, -0.15) is 5.10 Å². The molecule has 4 rings (SSSR count). The molecule has 1 aliphatic rings. The molecule has 146 valence electrons. The molecule has 0 N–H and O–H groups in total. The molecule has 0 aliphatic carbocycles. The minimum Gasteiger partial charge on any atom is -0.257 e. The second-order valence-electron chi connectivity index (χ2n) is 6.66. The number of nitrogens with zero attached hydrogens (tertiary/aromatic N) is 2. The van der Waals surface area contributed by atoms with E-state index in [9.17, 15) is 0 Å². The van der Waals surface area contributed by atoms with Crippen LogP contribution < -0.4 is 5.01 Å². The van der Waals surface area contributed by atoms with Gasteiger partial charge in [-0.25, -0.2) is 0 Å². The molecular formula is C23H16Cl4N2. The lowest BCUT2D eigenvalue weighted by molar-refractivity contribution is 0.709. The third kappa shape index (κ3) is 4.62. The van der Waals surface area contributed by atoms with E-state index in [1.807, 2.05) is 71.8 Å². The highest BCUT2D eigenvalue weighted by Gasteiger charge is 2.29. The van der Waals surface area contributed by atoms with Crippen LogP contribution in [0.5, 0.6) is 0 Å².